The standard InChI is InChI=1S/C53H65BrN12O11/c1-31(2)48(61-60-44(68)16-25-76-26-18-56-43(67)15-20-65-45(69)12-13-46(65)70)49(71)59-38(9-6-17-57-52(55)74)50(72)64-19-14-33-36-27-39(58-37(36)10-11-40(33)64)51(73)66-30-32(29-54)47-35-8-5-4-7-34(35)42(28-41(47)66)77-53(75)63-23-21-62(3)22-24-63/h4-5,7-8,10-13,27-28,31-32,38,48,58,61H,6,9,14-26,29-30H2,1-3H3,(H,56,67)(H,59,71)(H,60,68)(H3,55,57,74)/t32-,38+,48+/m1/s1. The van der Waals surface area contributed by atoms with Crippen molar-refractivity contribution in [1.82, 2.24) is 46.5 Å². The van der Waals surface area contributed by atoms with Gasteiger partial charge in [-0.3, -0.25) is 43.9 Å². The molecule has 10 amide bonds. The monoisotopic (exact) mass is 1120 g/mol. The molecule has 410 valence electrons. The predicted molar refractivity (Wildman–Crippen MR) is 289 cm³/mol. The minimum Gasteiger partial charge on any atom is -0.409 e. The van der Waals surface area contributed by atoms with E-state index < -0.39 is 47.8 Å². The molecule has 3 aromatic carbocycles. The van der Waals surface area contributed by atoms with Gasteiger partial charge in [-0.15, -0.1) is 0 Å². The lowest BCUT2D eigenvalue weighted by molar-refractivity contribution is -0.137. The minimum absolute atomic E-state index is 0.00511. The number of ether oxygens (including phenoxy) is 2. The number of likely N-dealkylation sites (N-methyl/N-ethyl adjacent to an activating group) is 1. The number of hydrazine groups is 1. The van der Waals surface area contributed by atoms with E-state index in [0.717, 1.165) is 57.4 Å². The van der Waals surface area contributed by atoms with Crippen LogP contribution in [0.25, 0.3) is 21.7 Å². The van der Waals surface area contributed by atoms with E-state index in [-0.39, 0.29) is 81.7 Å². The summed E-state index contributed by atoms with van der Waals surface area (Å²) in [4.78, 5) is 128. The van der Waals surface area contributed by atoms with E-state index in [9.17, 15) is 43.2 Å². The Labute approximate surface area is 453 Å². The number of alkyl halides is 1. The summed E-state index contributed by atoms with van der Waals surface area (Å²) in [5.74, 6) is -3.02. The van der Waals surface area contributed by atoms with E-state index in [1.807, 2.05) is 49.5 Å². The van der Waals surface area contributed by atoms with Crippen LogP contribution in [0.15, 0.2) is 60.7 Å². The second kappa shape index (κ2) is 25.2. The van der Waals surface area contributed by atoms with Crippen molar-refractivity contribution in [3.8, 4) is 5.75 Å². The van der Waals surface area contributed by atoms with E-state index in [4.69, 9.17) is 15.2 Å². The van der Waals surface area contributed by atoms with Crippen LogP contribution in [0.1, 0.15) is 67.1 Å². The van der Waals surface area contributed by atoms with Crippen LogP contribution in [0.2, 0.25) is 0 Å². The number of benzene rings is 3. The summed E-state index contributed by atoms with van der Waals surface area (Å²) in [6, 6.07) is 12.3. The second-order valence-electron chi connectivity index (χ2n) is 19.8. The third-order valence-electron chi connectivity index (χ3n) is 14.2. The lowest BCUT2D eigenvalue weighted by Crippen LogP contribution is -2.58. The van der Waals surface area contributed by atoms with Crippen LogP contribution >= 0.6 is 15.9 Å². The number of hydrogen-bond acceptors (Lipinski definition) is 13. The van der Waals surface area contributed by atoms with Crippen molar-refractivity contribution in [2.75, 3.05) is 94.3 Å². The van der Waals surface area contributed by atoms with Crippen LogP contribution in [0.4, 0.5) is 21.0 Å². The van der Waals surface area contributed by atoms with Gasteiger partial charge in [-0.1, -0.05) is 54.0 Å². The first-order valence-corrected chi connectivity index (χ1v) is 27.0. The van der Waals surface area contributed by atoms with E-state index in [1.165, 1.54) is 0 Å². The number of amides is 10. The van der Waals surface area contributed by atoms with Gasteiger partial charge >= 0.3 is 12.1 Å². The molecule has 0 spiro atoms. The molecule has 1 fully saturated rings. The Morgan fingerprint density at radius 2 is 1.57 bits per heavy atom. The fraction of sp³-hybridized carbons (Fsp3) is 0.453. The van der Waals surface area contributed by atoms with Crippen LogP contribution in [-0.2, 0) is 39.9 Å². The number of imide groups is 1. The Balaban J connectivity index is 0.906. The summed E-state index contributed by atoms with van der Waals surface area (Å²) in [7, 11) is 2.01. The summed E-state index contributed by atoms with van der Waals surface area (Å²) in [6.45, 7) is 7.15. The van der Waals surface area contributed by atoms with E-state index >= 15 is 0 Å². The van der Waals surface area contributed by atoms with Gasteiger partial charge in [-0.2, -0.15) is 0 Å². The zero-order valence-electron chi connectivity index (χ0n) is 43.3. The van der Waals surface area contributed by atoms with Crippen molar-refractivity contribution in [3.63, 3.8) is 0 Å². The third kappa shape index (κ3) is 13.1. The number of carbonyl (C=O) groups is 9. The molecule has 5 heterocycles. The number of hydrogen-bond donors (Lipinski definition) is 7. The van der Waals surface area contributed by atoms with Gasteiger partial charge < -0.3 is 55.7 Å². The molecule has 3 atom stereocenters. The van der Waals surface area contributed by atoms with Gasteiger partial charge in [0.1, 0.15) is 23.5 Å². The number of H-pyrrole nitrogens is 1. The molecule has 4 aromatic rings. The number of halogens is 1. The molecule has 8 N–H and O–H groups in total. The summed E-state index contributed by atoms with van der Waals surface area (Å²) in [5, 5.41) is 11.1. The smallest absolute Gasteiger partial charge is 0.409 e. The molecule has 0 saturated carbocycles. The van der Waals surface area contributed by atoms with E-state index in [1.54, 1.807) is 34.6 Å². The van der Waals surface area contributed by atoms with Crippen molar-refractivity contribution in [2.45, 2.75) is 64.0 Å². The summed E-state index contributed by atoms with van der Waals surface area (Å²) >= 11 is 3.70. The van der Waals surface area contributed by atoms with Gasteiger partial charge in [0, 0.05) is 117 Å². The van der Waals surface area contributed by atoms with E-state index in [0.29, 0.717) is 72.7 Å². The highest BCUT2D eigenvalue weighted by Crippen LogP contribution is 2.46. The predicted octanol–water partition coefficient (Wildman–Crippen LogP) is 2.51. The van der Waals surface area contributed by atoms with Crippen LogP contribution in [0.3, 0.4) is 0 Å². The van der Waals surface area contributed by atoms with E-state index in [2.05, 4.69) is 52.6 Å². The molecule has 77 heavy (non-hydrogen) atoms. The third-order valence-corrected chi connectivity index (χ3v) is 15.0. The highest BCUT2D eigenvalue weighted by atomic mass is 79.9. The highest BCUT2D eigenvalue weighted by molar-refractivity contribution is 9.09. The molecule has 0 radical (unpaired) electrons. The zero-order valence-corrected chi connectivity index (χ0v) is 44.9. The number of anilines is 2. The van der Waals surface area contributed by atoms with Crippen molar-refractivity contribution in [1.29, 1.82) is 0 Å². The van der Waals surface area contributed by atoms with Crippen LogP contribution in [0, 0.1) is 5.92 Å². The molecule has 8 rings (SSSR count). The molecule has 1 aromatic heterocycles. The highest BCUT2D eigenvalue weighted by Gasteiger charge is 2.38. The number of aromatic nitrogens is 1. The second-order valence-corrected chi connectivity index (χ2v) is 20.4. The number of carbonyl (C=O) groups excluding carboxylic acids is 9. The van der Waals surface area contributed by atoms with Gasteiger partial charge in [0.2, 0.25) is 23.6 Å². The Morgan fingerprint density at radius 1 is 0.831 bits per heavy atom. The van der Waals surface area contributed by atoms with Gasteiger partial charge in [0.05, 0.1) is 25.3 Å². The first kappa shape index (κ1) is 55.8. The summed E-state index contributed by atoms with van der Waals surface area (Å²) in [6.07, 6.45) is 2.62. The SMILES string of the molecule is CC(C)[C@H](NNC(=O)CCOCCNC(=O)CCN1C(=O)C=CC1=O)C(=O)N[C@@H](CCCNC(N)=O)C(=O)N1CCc2c1ccc1[nH]c(C(=O)N3C[C@@H](CBr)c4c3cc(OC(=O)N3CCN(C)CC3)c3ccccc43)cc21. The number of aromatic amines is 1. The Hall–Kier alpha value is -7.41. The van der Waals surface area contributed by atoms with Crippen molar-refractivity contribution in [2.24, 2.45) is 11.7 Å². The average molecular weight is 1130 g/mol. The van der Waals surface area contributed by atoms with Crippen LogP contribution in [-0.4, -0.2) is 170 Å². The zero-order chi connectivity index (χ0) is 54.9. The number of nitrogens with one attached hydrogen (secondary N) is 6. The maximum atomic E-state index is 14.7. The van der Waals surface area contributed by atoms with Crippen LogP contribution in [0.5, 0.6) is 5.75 Å². The minimum atomic E-state index is -1.04. The lowest BCUT2D eigenvalue weighted by Gasteiger charge is -2.31. The van der Waals surface area contributed by atoms with Gasteiger partial charge in [-0.25, -0.2) is 15.0 Å². The fourth-order valence-electron chi connectivity index (χ4n) is 10.0. The van der Waals surface area contributed by atoms with Crippen molar-refractivity contribution < 1.29 is 52.6 Å². The number of nitrogens with two attached hydrogens (primary N) is 1. The molecule has 24 heteroatoms. The number of piperazine rings is 1. The Morgan fingerprint density at radius 3 is 2.29 bits per heavy atom. The normalized spacial score (nSPS) is 17.0. The molecule has 4 aliphatic rings. The van der Waals surface area contributed by atoms with Gasteiger partial charge in [0.15, 0.2) is 0 Å². The maximum absolute atomic E-state index is 14.7. The molecular formula is C53H65BrN12O11. The van der Waals surface area contributed by atoms with Crippen molar-refractivity contribution >= 4 is 102 Å². The first-order valence-electron chi connectivity index (χ1n) is 25.8. The Bertz CT molecular complexity index is 2960. The number of rotatable bonds is 22. The Kier molecular flexibility index (Phi) is 18.2. The molecule has 0 bridgehead atoms. The first-order chi connectivity index (χ1) is 37.0. The number of fused-ring (bicyclic) bond motifs is 6. The maximum Gasteiger partial charge on any atom is 0.415 e. The summed E-state index contributed by atoms with van der Waals surface area (Å²) < 4.78 is 11.6. The topological polar surface area (TPSA) is 290 Å². The number of primary amides is 1. The van der Waals surface area contributed by atoms with Crippen LogP contribution < -0.4 is 47.1 Å². The number of urea groups is 1. The number of nitrogens with zero attached hydrogens (tertiary/aromatic N) is 5. The molecule has 0 unspecified atom stereocenters. The fourth-order valence-corrected chi connectivity index (χ4v) is 10.6. The molecule has 4 aliphatic heterocycles. The lowest BCUT2D eigenvalue weighted by atomic mass is 9.95. The van der Waals surface area contributed by atoms with Crippen molar-refractivity contribution in [3.05, 3.63) is 77.5 Å². The quantitative estimate of drug-likeness (QED) is 0.0258. The van der Waals surface area contributed by atoms with Gasteiger partial charge in [-0.05, 0) is 66.9 Å². The molecule has 1 saturated heterocycles. The molecule has 0 aliphatic carbocycles. The van der Waals surface area contributed by atoms with Gasteiger partial charge in [0.25, 0.3) is 17.7 Å². The largest absolute Gasteiger partial charge is 0.415 e. The average Bonchev–Trinajstić information content (AvgIpc) is 4.26. The molecular weight excluding hydrogens is 1060 g/mol. The summed E-state index contributed by atoms with van der Waals surface area (Å²) in [5.41, 5.74) is 14.8. The molecule has 23 nitrogen and oxygen atoms in total.